The number of aromatic amines is 1. The van der Waals surface area contributed by atoms with E-state index < -0.39 is 5.82 Å². The largest absolute Gasteiger partial charge is 0.479 e. The van der Waals surface area contributed by atoms with Gasteiger partial charge in [0.25, 0.3) is 5.56 Å². The van der Waals surface area contributed by atoms with Crippen LogP contribution in [0.5, 0.6) is 5.88 Å². The quantitative estimate of drug-likeness (QED) is 0.881. The molecule has 7 heteroatoms. The number of fused-ring (bicyclic) bond motifs is 1. The summed E-state index contributed by atoms with van der Waals surface area (Å²) in [6.07, 6.45) is 3.59. The molecule has 0 fully saturated rings. The minimum Gasteiger partial charge on any atom is -0.479 e. The summed E-state index contributed by atoms with van der Waals surface area (Å²) in [5.41, 5.74) is 1.89. The van der Waals surface area contributed by atoms with Crippen molar-refractivity contribution in [3.8, 4) is 5.88 Å². The van der Waals surface area contributed by atoms with Gasteiger partial charge < -0.3 is 14.6 Å². The second kappa shape index (κ2) is 4.92. The molecule has 3 heterocycles. The molecule has 20 heavy (non-hydrogen) atoms. The zero-order chi connectivity index (χ0) is 14.1. The number of aromatic nitrogens is 3. The second-order valence-electron chi connectivity index (χ2n) is 4.51. The van der Waals surface area contributed by atoms with Crippen LogP contribution in [0, 0.1) is 5.82 Å². The van der Waals surface area contributed by atoms with E-state index in [9.17, 15) is 9.18 Å². The molecule has 1 aliphatic rings. The summed E-state index contributed by atoms with van der Waals surface area (Å²) in [4.78, 5) is 24.3. The molecule has 0 saturated heterocycles. The summed E-state index contributed by atoms with van der Waals surface area (Å²) in [5, 5.41) is 0. The monoisotopic (exact) mass is 276 g/mol. The average Bonchev–Trinajstić information content (AvgIpc) is 2.47. The molecular weight excluding hydrogens is 263 g/mol. The number of rotatable bonds is 2. The van der Waals surface area contributed by atoms with Gasteiger partial charge in [-0.1, -0.05) is 0 Å². The van der Waals surface area contributed by atoms with Crippen LogP contribution >= 0.6 is 0 Å². The molecule has 3 rings (SSSR count). The summed E-state index contributed by atoms with van der Waals surface area (Å²) in [6, 6.07) is 1.36. The molecule has 0 radical (unpaired) electrons. The van der Waals surface area contributed by atoms with Gasteiger partial charge in [0, 0.05) is 19.0 Å². The van der Waals surface area contributed by atoms with Gasteiger partial charge in [0.15, 0.2) is 5.82 Å². The summed E-state index contributed by atoms with van der Waals surface area (Å²) < 4.78 is 18.5. The van der Waals surface area contributed by atoms with Gasteiger partial charge in [-0.2, -0.15) is 0 Å². The Morgan fingerprint density at radius 2 is 2.30 bits per heavy atom. The van der Waals surface area contributed by atoms with Gasteiger partial charge >= 0.3 is 0 Å². The fourth-order valence-electron chi connectivity index (χ4n) is 2.31. The molecule has 6 nitrogen and oxygen atoms in total. The van der Waals surface area contributed by atoms with Crippen LogP contribution in [0.15, 0.2) is 23.4 Å². The van der Waals surface area contributed by atoms with Crippen molar-refractivity contribution in [1.82, 2.24) is 15.0 Å². The van der Waals surface area contributed by atoms with Gasteiger partial charge in [-0.3, -0.25) is 4.79 Å². The van der Waals surface area contributed by atoms with Gasteiger partial charge in [0.2, 0.25) is 5.88 Å². The molecule has 0 aromatic carbocycles. The molecule has 2 aromatic rings. The summed E-state index contributed by atoms with van der Waals surface area (Å²) in [5.74, 6) is -0.554. The predicted octanol–water partition coefficient (Wildman–Crippen LogP) is 0.875. The Labute approximate surface area is 114 Å². The lowest BCUT2D eigenvalue weighted by Gasteiger charge is -2.29. The molecular formula is C13H13FN4O2. The van der Waals surface area contributed by atoms with Crippen molar-refractivity contribution in [3.05, 3.63) is 46.0 Å². The van der Waals surface area contributed by atoms with Crippen LogP contribution in [-0.4, -0.2) is 28.6 Å². The minimum atomic E-state index is -0.518. The lowest BCUT2D eigenvalue weighted by molar-refractivity contribution is 0.369. The number of pyridine rings is 1. The minimum absolute atomic E-state index is 0.0364. The smallest absolute Gasteiger partial charge is 0.255 e. The van der Waals surface area contributed by atoms with Crippen LogP contribution in [0.2, 0.25) is 0 Å². The van der Waals surface area contributed by atoms with Crippen LogP contribution in [-0.2, 0) is 13.0 Å². The Balaban J connectivity index is 1.92. The Hall–Kier alpha value is -2.44. The molecule has 0 atom stereocenters. The van der Waals surface area contributed by atoms with Crippen LogP contribution < -0.4 is 15.2 Å². The third kappa shape index (κ3) is 2.11. The van der Waals surface area contributed by atoms with E-state index in [1.165, 1.54) is 25.7 Å². The summed E-state index contributed by atoms with van der Waals surface area (Å²) in [7, 11) is 1.37. The number of hydrogen-bond acceptors (Lipinski definition) is 5. The zero-order valence-corrected chi connectivity index (χ0v) is 10.9. The molecule has 2 aromatic heterocycles. The number of hydrogen-bond donors (Lipinski definition) is 1. The number of anilines is 1. The van der Waals surface area contributed by atoms with E-state index >= 15 is 0 Å². The van der Waals surface area contributed by atoms with E-state index in [0.29, 0.717) is 30.8 Å². The standard InChI is InChI=1S/C13H13FN4O2/c1-20-13-10(14)4-8(5-15-13)18-3-2-11-9(6-18)12(19)17-7-16-11/h4-5,7H,2-3,6H2,1H3,(H,16,17,19). The number of nitrogens with zero attached hydrogens (tertiary/aromatic N) is 3. The fraction of sp³-hybridized carbons (Fsp3) is 0.308. The lowest BCUT2D eigenvalue weighted by Crippen LogP contribution is -2.35. The Morgan fingerprint density at radius 3 is 3.05 bits per heavy atom. The third-order valence-corrected chi connectivity index (χ3v) is 3.36. The summed E-state index contributed by atoms with van der Waals surface area (Å²) >= 11 is 0. The molecule has 1 aliphatic heterocycles. The molecule has 0 amide bonds. The maximum absolute atomic E-state index is 13.7. The van der Waals surface area contributed by atoms with Gasteiger partial charge in [0.05, 0.1) is 43.1 Å². The van der Waals surface area contributed by atoms with E-state index in [1.807, 2.05) is 4.90 Å². The van der Waals surface area contributed by atoms with Crippen LogP contribution in [0.4, 0.5) is 10.1 Å². The molecule has 0 aliphatic carbocycles. The van der Waals surface area contributed by atoms with Crippen molar-refractivity contribution >= 4 is 5.69 Å². The predicted molar refractivity (Wildman–Crippen MR) is 70.4 cm³/mol. The van der Waals surface area contributed by atoms with Gasteiger partial charge in [-0.15, -0.1) is 0 Å². The van der Waals surface area contributed by atoms with Crippen molar-refractivity contribution in [1.29, 1.82) is 0 Å². The zero-order valence-electron chi connectivity index (χ0n) is 10.9. The van der Waals surface area contributed by atoms with Gasteiger partial charge in [-0.25, -0.2) is 14.4 Å². The number of ether oxygens (including phenoxy) is 1. The first-order chi connectivity index (χ1) is 9.69. The molecule has 0 bridgehead atoms. The molecule has 0 spiro atoms. The second-order valence-corrected chi connectivity index (χ2v) is 4.51. The maximum Gasteiger partial charge on any atom is 0.255 e. The van der Waals surface area contributed by atoms with Crippen molar-refractivity contribution in [2.75, 3.05) is 18.6 Å². The third-order valence-electron chi connectivity index (χ3n) is 3.36. The van der Waals surface area contributed by atoms with Crippen molar-refractivity contribution in [2.24, 2.45) is 0 Å². The fourth-order valence-corrected chi connectivity index (χ4v) is 2.31. The highest BCUT2D eigenvalue weighted by atomic mass is 19.1. The van der Waals surface area contributed by atoms with Crippen molar-refractivity contribution in [2.45, 2.75) is 13.0 Å². The van der Waals surface area contributed by atoms with Crippen molar-refractivity contribution < 1.29 is 9.13 Å². The number of halogens is 1. The maximum atomic E-state index is 13.7. The molecule has 104 valence electrons. The number of H-pyrrole nitrogens is 1. The number of nitrogens with one attached hydrogen (secondary N) is 1. The Kier molecular flexibility index (Phi) is 3.09. The van der Waals surface area contributed by atoms with E-state index in [1.54, 1.807) is 0 Å². The molecule has 0 saturated carbocycles. The average molecular weight is 276 g/mol. The van der Waals surface area contributed by atoms with E-state index in [0.717, 1.165) is 5.69 Å². The van der Waals surface area contributed by atoms with E-state index in [-0.39, 0.29) is 11.4 Å². The highest BCUT2D eigenvalue weighted by Gasteiger charge is 2.21. The SMILES string of the molecule is COc1ncc(N2CCc3nc[nH]c(=O)c3C2)cc1F. The Bertz CT molecular complexity index is 701. The lowest BCUT2D eigenvalue weighted by atomic mass is 10.1. The van der Waals surface area contributed by atoms with Gasteiger partial charge in [0.1, 0.15) is 0 Å². The van der Waals surface area contributed by atoms with Crippen LogP contribution in [0.3, 0.4) is 0 Å². The highest BCUT2D eigenvalue weighted by molar-refractivity contribution is 5.48. The van der Waals surface area contributed by atoms with Crippen LogP contribution in [0.1, 0.15) is 11.3 Å². The summed E-state index contributed by atoms with van der Waals surface area (Å²) in [6.45, 7) is 1.06. The molecule has 1 N–H and O–H groups in total. The Morgan fingerprint density at radius 1 is 1.45 bits per heavy atom. The normalized spacial score (nSPS) is 14.0. The first-order valence-electron chi connectivity index (χ1n) is 6.19. The number of methoxy groups -OCH3 is 1. The molecule has 0 unspecified atom stereocenters. The van der Waals surface area contributed by atoms with E-state index in [2.05, 4.69) is 15.0 Å². The van der Waals surface area contributed by atoms with Crippen LogP contribution in [0.25, 0.3) is 0 Å². The highest BCUT2D eigenvalue weighted by Crippen LogP contribution is 2.24. The topological polar surface area (TPSA) is 71.1 Å². The van der Waals surface area contributed by atoms with E-state index in [4.69, 9.17) is 4.74 Å². The first kappa shape index (κ1) is 12.6. The van der Waals surface area contributed by atoms with Gasteiger partial charge in [-0.05, 0) is 0 Å². The van der Waals surface area contributed by atoms with Crippen molar-refractivity contribution in [3.63, 3.8) is 0 Å². The first-order valence-corrected chi connectivity index (χ1v) is 6.19.